The lowest BCUT2D eigenvalue weighted by Crippen LogP contribution is -1.96. The molecule has 0 spiro atoms. The lowest BCUT2D eigenvalue weighted by atomic mass is 9.97. The molecule has 0 saturated heterocycles. The van der Waals surface area contributed by atoms with E-state index in [9.17, 15) is 9.18 Å². The van der Waals surface area contributed by atoms with Gasteiger partial charge in [0.25, 0.3) is 0 Å². The van der Waals surface area contributed by atoms with E-state index in [1.807, 2.05) is 12.1 Å². The molecule has 21 heavy (non-hydrogen) atoms. The van der Waals surface area contributed by atoms with E-state index in [4.69, 9.17) is 16.7 Å². The Morgan fingerprint density at radius 2 is 1.62 bits per heavy atom. The van der Waals surface area contributed by atoms with E-state index in [0.29, 0.717) is 16.0 Å². The van der Waals surface area contributed by atoms with Crippen molar-refractivity contribution in [2.45, 2.75) is 0 Å². The molecule has 0 amide bonds. The smallest absolute Gasteiger partial charge is 0.335 e. The van der Waals surface area contributed by atoms with Crippen LogP contribution in [0.15, 0.2) is 54.6 Å². The van der Waals surface area contributed by atoms with Crippen molar-refractivity contribution in [3.05, 3.63) is 71.0 Å². The molecule has 0 bridgehead atoms. The summed E-state index contributed by atoms with van der Waals surface area (Å²) >= 11 is 6.19. The van der Waals surface area contributed by atoms with Crippen molar-refractivity contribution < 1.29 is 14.3 Å². The highest BCUT2D eigenvalue weighted by molar-refractivity contribution is 6.34. The number of fused-ring (bicyclic) bond motifs is 1. The van der Waals surface area contributed by atoms with Gasteiger partial charge in [-0.15, -0.1) is 0 Å². The van der Waals surface area contributed by atoms with Crippen molar-refractivity contribution in [3.63, 3.8) is 0 Å². The number of halogens is 2. The van der Waals surface area contributed by atoms with Gasteiger partial charge in [-0.2, -0.15) is 0 Å². The van der Waals surface area contributed by atoms with Gasteiger partial charge >= 0.3 is 5.97 Å². The number of carbonyl (C=O) groups is 1. The van der Waals surface area contributed by atoms with Gasteiger partial charge in [-0.3, -0.25) is 0 Å². The average molecular weight is 301 g/mol. The van der Waals surface area contributed by atoms with Gasteiger partial charge < -0.3 is 5.11 Å². The second kappa shape index (κ2) is 5.19. The summed E-state index contributed by atoms with van der Waals surface area (Å²) in [6.07, 6.45) is 0. The molecule has 3 aromatic carbocycles. The Hall–Kier alpha value is -2.39. The van der Waals surface area contributed by atoms with Gasteiger partial charge in [-0.25, -0.2) is 9.18 Å². The Bertz CT molecular complexity index is 859. The molecule has 0 aromatic heterocycles. The second-order valence-electron chi connectivity index (χ2n) is 4.64. The Morgan fingerprint density at radius 1 is 0.952 bits per heavy atom. The molecule has 104 valence electrons. The number of hydrogen-bond donors (Lipinski definition) is 1. The predicted octanol–water partition coefficient (Wildman–Crippen LogP) is 5.00. The fourth-order valence-electron chi connectivity index (χ4n) is 2.36. The summed E-state index contributed by atoms with van der Waals surface area (Å²) < 4.78 is 13.8. The third-order valence-electron chi connectivity index (χ3n) is 3.38. The van der Waals surface area contributed by atoms with Crippen LogP contribution in [0.3, 0.4) is 0 Å². The van der Waals surface area contributed by atoms with Gasteiger partial charge in [0.15, 0.2) is 0 Å². The van der Waals surface area contributed by atoms with E-state index in [2.05, 4.69) is 0 Å². The van der Waals surface area contributed by atoms with Crippen molar-refractivity contribution in [1.82, 2.24) is 0 Å². The summed E-state index contributed by atoms with van der Waals surface area (Å²) in [6, 6.07) is 14.7. The third-order valence-corrected chi connectivity index (χ3v) is 3.69. The van der Waals surface area contributed by atoms with E-state index in [1.165, 1.54) is 18.2 Å². The third kappa shape index (κ3) is 2.36. The molecule has 3 rings (SSSR count). The van der Waals surface area contributed by atoms with Crippen LogP contribution < -0.4 is 0 Å². The fourth-order valence-corrected chi connectivity index (χ4v) is 2.65. The summed E-state index contributed by atoms with van der Waals surface area (Å²) in [6.45, 7) is 0. The van der Waals surface area contributed by atoms with Crippen LogP contribution in [0.4, 0.5) is 4.39 Å². The summed E-state index contributed by atoms with van der Waals surface area (Å²) in [5, 5.41) is 10.5. The van der Waals surface area contributed by atoms with Crippen LogP contribution in [0, 0.1) is 5.82 Å². The van der Waals surface area contributed by atoms with E-state index in [0.717, 1.165) is 10.9 Å². The Morgan fingerprint density at radius 3 is 2.29 bits per heavy atom. The first-order valence-electron chi connectivity index (χ1n) is 6.28. The van der Waals surface area contributed by atoms with Gasteiger partial charge in [0.05, 0.1) is 5.56 Å². The van der Waals surface area contributed by atoms with E-state index in [1.54, 1.807) is 24.3 Å². The topological polar surface area (TPSA) is 37.3 Å². The number of carboxylic acid groups (broad SMARTS) is 1. The zero-order valence-electron chi connectivity index (χ0n) is 10.8. The largest absolute Gasteiger partial charge is 0.478 e. The predicted molar refractivity (Wildman–Crippen MR) is 81.3 cm³/mol. The van der Waals surface area contributed by atoms with Crippen molar-refractivity contribution in [2.24, 2.45) is 0 Å². The average Bonchev–Trinajstić information content (AvgIpc) is 2.48. The molecular weight excluding hydrogens is 291 g/mol. The summed E-state index contributed by atoms with van der Waals surface area (Å²) in [5.74, 6) is -1.33. The number of aromatic carboxylic acids is 1. The van der Waals surface area contributed by atoms with Crippen LogP contribution in [0.1, 0.15) is 10.4 Å². The van der Waals surface area contributed by atoms with Gasteiger partial charge in [0.1, 0.15) is 5.82 Å². The van der Waals surface area contributed by atoms with Gasteiger partial charge in [0, 0.05) is 16.0 Å². The zero-order valence-corrected chi connectivity index (χ0v) is 11.6. The number of rotatable bonds is 2. The molecule has 0 aliphatic carbocycles. The zero-order chi connectivity index (χ0) is 15.0. The van der Waals surface area contributed by atoms with Crippen LogP contribution in [0.5, 0.6) is 0 Å². The van der Waals surface area contributed by atoms with Crippen molar-refractivity contribution >= 4 is 28.3 Å². The summed E-state index contributed by atoms with van der Waals surface area (Å²) in [5.41, 5.74) is 1.57. The molecule has 3 aromatic rings. The molecule has 0 aliphatic heterocycles. The van der Waals surface area contributed by atoms with Crippen molar-refractivity contribution in [3.8, 4) is 11.1 Å². The van der Waals surface area contributed by atoms with Crippen LogP contribution >= 0.6 is 11.6 Å². The van der Waals surface area contributed by atoms with Gasteiger partial charge in [-0.1, -0.05) is 48.0 Å². The van der Waals surface area contributed by atoms with Crippen LogP contribution in [0.25, 0.3) is 21.9 Å². The maximum atomic E-state index is 13.8. The molecule has 2 nitrogen and oxygen atoms in total. The highest BCUT2D eigenvalue weighted by Crippen LogP contribution is 2.35. The monoisotopic (exact) mass is 300 g/mol. The van der Waals surface area contributed by atoms with Gasteiger partial charge in [-0.05, 0) is 29.1 Å². The summed E-state index contributed by atoms with van der Waals surface area (Å²) in [7, 11) is 0. The number of hydrogen-bond acceptors (Lipinski definition) is 1. The molecule has 4 heteroatoms. The normalized spacial score (nSPS) is 10.8. The highest BCUT2D eigenvalue weighted by Gasteiger charge is 2.12. The lowest BCUT2D eigenvalue weighted by molar-refractivity contribution is 0.0697. The first-order chi connectivity index (χ1) is 10.1. The molecule has 0 heterocycles. The minimum atomic E-state index is -1.03. The lowest BCUT2D eigenvalue weighted by Gasteiger charge is -2.10. The maximum Gasteiger partial charge on any atom is 0.335 e. The van der Waals surface area contributed by atoms with E-state index in [-0.39, 0.29) is 11.4 Å². The standard InChI is InChI=1S/C17H10ClFO2/c18-15-9-10(17(20)21)5-6-13(15)12-7-8-16(19)14-4-2-1-3-11(12)14/h1-9H,(H,20,21). The highest BCUT2D eigenvalue weighted by atomic mass is 35.5. The first kappa shape index (κ1) is 13.6. The SMILES string of the molecule is O=C(O)c1ccc(-c2ccc(F)c3ccccc23)c(Cl)c1. The molecule has 0 radical (unpaired) electrons. The fraction of sp³-hybridized carbons (Fsp3) is 0. The van der Waals surface area contributed by atoms with E-state index >= 15 is 0 Å². The van der Waals surface area contributed by atoms with E-state index < -0.39 is 5.97 Å². The molecule has 0 aliphatic rings. The first-order valence-corrected chi connectivity index (χ1v) is 6.66. The van der Waals surface area contributed by atoms with Crippen LogP contribution in [-0.4, -0.2) is 11.1 Å². The van der Waals surface area contributed by atoms with Crippen molar-refractivity contribution in [2.75, 3.05) is 0 Å². The maximum absolute atomic E-state index is 13.8. The Kier molecular flexibility index (Phi) is 3.35. The van der Waals surface area contributed by atoms with Crippen LogP contribution in [0.2, 0.25) is 5.02 Å². The Labute approximate surface area is 125 Å². The van der Waals surface area contributed by atoms with Crippen LogP contribution in [-0.2, 0) is 0 Å². The minimum Gasteiger partial charge on any atom is -0.478 e. The Balaban J connectivity index is 2.26. The second-order valence-corrected chi connectivity index (χ2v) is 5.05. The van der Waals surface area contributed by atoms with Gasteiger partial charge in [0.2, 0.25) is 0 Å². The molecule has 0 fully saturated rings. The molecule has 0 atom stereocenters. The number of benzene rings is 3. The number of carboxylic acids is 1. The molecule has 0 unspecified atom stereocenters. The van der Waals surface area contributed by atoms with Crippen molar-refractivity contribution in [1.29, 1.82) is 0 Å². The molecular formula is C17H10ClFO2. The summed E-state index contributed by atoms with van der Waals surface area (Å²) in [4.78, 5) is 10.9. The molecule has 0 saturated carbocycles. The minimum absolute atomic E-state index is 0.121. The quantitative estimate of drug-likeness (QED) is 0.723. The molecule has 1 N–H and O–H groups in total.